The van der Waals surface area contributed by atoms with Crippen LogP contribution in [0.4, 0.5) is 5.69 Å². The smallest absolute Gasteiger partial charge is 0.255 e. The Morgan fingerprint density at radius 3 is 2.71 bits per heavy atom. The molecular weight excluding hydrogens is 330 g/mol. The van der Waals surface area contributed by atoms with E-state index in [0.717, 1.165) is 10.2 Å². The maximum Gasteiger partial charge on any atom is 0.255 e. The first-order valence-corrected chi connectivity index (χ1v) is 7.54. The molecule has 4 nitrogen and oxygen atoms in total. The lowest BCUT2D eigenvalue weighted by atomic mass is 10.1. The second-order valence-electron chi connectivity index (χ2n) is 5.09. The molecule has 2 aromatic rings. The van der Waals surface area contributed by atoms with Gasteiger partial charge in [-0.15, -0.1) is 0 Å². The summed E-state index contributed by atoms with van der Waals surface area (Å²) in [5.41, 5.74) is 7.79. The van der Waals surface area contributed by atoms with Crippen LogP contribution in [0.5, 0.6) is 0 Å². The fraction of sp³-hybridized carbons (Fsp3) is 0.250. The van der Waals surface area contributed by atoms with Crippen molar-refractivity contribution in [1.29, 1.82) is 0 Å². The van der Waals surface area contributed by atoms with Crippen molar-refractivity contribution in [3.05, 3.63) is 58.3 Å². The molecule has 0 atom stereocenters. The fourth-order valence-corrected chi connectivity index (χ4v) is 2.43. The van der Waals surface area contributed by atoms with Gasteiger partial charge in [-0.25, -0.2) is 0 Å². The van der Waals surface area contributed by atoms with Crippen molar-refractivity contribution >= 4 is 27.5 Å². The molecule has 0 radical (unpaired) electrons. The summed E-state index contributed by atoms with van der Waals surface area (Å²) in [5.74, 6) is -0.0603. The summed E-state index contributed by atoms with van der Waals surface area (Å²) in [6, 6.07) is 11.0. The number of anilines is 1. The average molecular weight is 348 g/mol. The maximum atomic E-state index is 12.8. The molecule has 5 heteroatoms. The topological polar surface area (TPSA) is 59.2 Å². The second kappa shape index (κ2) is 6.72. The summed E-state index contributed by atoms with van der Waals surface area (Å²) in [7, 11) is 0. The number of amides is 1. The molecule has 0 aliphatic heterocycles. The molecule has 1 aromatic carbocycles. The Kier molecular flexibility index (Phi) is 4.96. The van der Waals surface area contributed by atoms with Gasteiger partial charge in [0, 0.05) is 22.4 Å². The van der Waals surface area contributed by atoms with Crippen LogP contribution in [0.1, 0.15) is 29.9 Å². The van der Waals surface area contributed by atoms with E-state index in [1.165, 1.54) is 0 Å². The van der Waals surface area contributed by atoms with Crippen LogP contribution in [0.15, 0.2) is 47.1 Å². The molecule has 1 aromatic heterocycles. The summed E-state index contributed by atoms with van der Waals surface area (Å²) in [6.07, 6.45) is 1.73. The highest BCUT2D eigenvalue weighted by atomic mass is 79.9. The van der Waals surface area contributed by atoms with Crippen molar-refractivity contribution in [3.8, 4) is 0 Å². The van der Waals surface area contributed by atoms with Gasteiger partial charge in [0.25, 0.3) is 5.91 Å². The van der Waals surface area contributed by atoms with E-state index < -0.39 is 0 Å². The number of nitrogens with two attached hydrogens (primary N) is 1. The molecule has 0 aliphatic carbocycles. The number of nitrogen functional groups attached to an aromatic ring is 1. The van der Waals surface area contributed by atoms with Crippen LogP contribution >= 0.6 is 15.9 Å². The predicted molar refractivity (Wildman–Crippen MR) is 87.8 cm³/mol. The average Bonchev–Trinajstić information content (AvgIpc) is 2.47. The molecule has 0 bridgehead atoms. The number of carbonyl (C=O) groups is 1. The van der Waals surface area contributed by atoms with Crippen molar-refractivity contribution in [1.82, 2.24) is 9.88 Å². The van der Waals surface area contributed by atoms with Crippen LogP contribution in [0.2, 0.25) is 0 Å². The van der Waals surface area contributed by atoms with Gasteiger partial charge < -0.3 is 10.6 Å². The molecule has 110 valence electrons. The number of hydrogen-bond donors (Lipinski definition) is 1. The van der Waals surface area contributed by atoms with Crippen molar-refractivity contribution in [2.45, 2.75) is 26.4 Å². The summed E-state index contributed by atoms with van der Waals surface area (Å²) in [5, 5.41) is 0. The zero-order chi connectivity index (χ0) is 15.4. The first kappa shape index (κ1) is 15.5. The van der Waals surface area contributed by atoms with Gasteiger partial charge in [-0.05, 0) is 60.1 Å². The molecule has 21 heavy (non-hydrogen) atoms. The largest absolute Gasteiger partial charge is 0.399 e. The molecule has 0 spiro atoms. The Labute approximate surface area is 133 Å². The highest BCUT2D eigenvalue weighted by Crippen LogP contribution is 2.22. The highest BCUT2D eigenvalue weighted by molar-refractivity contribution is 9.10. The van der Waals surface area contributed by atoms with Crippen LogP contribution in [0.25, 0.3) is 0 Å². The van der Waals surface area contributed by atoms with Crippen LogP contribution in [-0.4, -0.2) is 21.8 Å². The van der Waals surface area contributed by atoms with Gasteiger partial charge in [-0.1, -0.05) is 6.07 Å². The van der Waals surface area contributed by atoms with Crippen LogP contribution in [0.3, 0.4) is 0 Å². The van der Waals surface area contributed by atoms with E-state index in [1.807, 2.05) is 32.0 Å². The van der Waals surface area contributed by atoms with Crippen molar-refractivity contribution in [2.75, 3.05) is 5.73 Å². The Morgan fingerprint density at radius 2 is 2.10 bits per heavy atom. The van der Waals surface area contributed by atoms with E-state index in [9.17, 15) is 4.79 Å². The molecule has 0 saturated carbocycles. The van der Waals surface area contributed by atoms with Crippen LogP contribution in [0, 0.1) is 0 Å². The van der Waals surface area contributed by atoms with Gasteiger partial charge in [-0.3, -0.25) is 9.78 Å². The Balaban J connectivity index is 2.30. The zero-order valence-corrected chi connectivity index (χ0v) is 13.7. The molecule has 1 heterocycles. The third-order valence-corrected chi connectivity index (χ3v) is 3.86. The van der Waals surface area contributed by atoms with Gasteiger partial charge in [-0.2, -0.15) is 0 Å². The number of rotatable bonds is 4. The third-order valence-electron chi connectivity index (χ3n) is 3.16. The lowest BCUT2D eigenvalue weighted by Gasteiger charge is -2.27. The predicted octanol–water partition coefficient (Wildman–Crippen LogP) is 3.48. The monoisotopic (exact) mass is 347 g/mol. The summed E-state index contributed by atoms with van der Waals surface area (Å²) < 4.78 is 0.744. The lowest BCUT2D eigenvalue weighted by Crippen LogP contribution is -2.36. The third kappa shape index (κ3) is 3.82. The molecular formula is C16H18BrN3O. The maximum absolute atomic E-state index is 12.8. The lowest BCUT2D eigenvalue weighted by molar-refractivity contribution is 0.0687. The standard InChI is InChI=1S/C16H18BrN3O/c1-11(2)20(10-13-5-3-4-8-19-13)16(21)14-9-12(18)6-7-15(14)17/h3-9,11H,10,18H2,1-2H3. The normalized spacial score (nSPS) is 10.7. The number of halogens is 1. The van der Waals surface area contributed by atoms with E-state index >= 15 is 0 Å². The molecule has 2 rings (SSSR count). The van der Waals surface area contributed by atoms with Crippen LogP contribution in [-0.2, 0) is 6.54 Å². The van der Waals surface area contributed by atoms with Gasteiger partial charge >= 0.3 is 0 Å². The van der Waals surface area contributed by atoms with E-state index in [-0.39, 0.29) is 11.9 Å². The molecule has 0 unspecified atom stereocenters. The Bertz CT molecular complexity index is 629. The molecule has 0 aliphatic rings. The van der Waals surface area contributed by atoms with Gasteiger partial charge in [0.1, 0.15) is 0 Å². The van der Waals surface area contributed by atoms with E-state index in [2.05, 4.69) is 20.9 Å². The van der Waals surface area contributed by atoms with E-state index in [1.54, 1.807) is 29.3 Å². The molecule has 1 amide bonds. The first-order valence-electron chi connectivity index (χ1n) is 6.75. The quantitative estimate of drug-likeness (QED) is 0.861. The van der Waals surface area contributed by atoms with E-state index in [0.29, 0.717) is 17.8 Å². The van der Waals surface area contributed by atoms with Gasteiger partial charge in [0.2, 0.25) is 0 Å². The minimum absolute atomic E-state index is 0.0603. The number of hydrogen-bond acceptors (Lipinski definition) is 3. The second-order valence-corrected chi connectivity index (χ2v) is 5.94. The summed E-state index contributed by atoms with van der Waals surface area (Å²) in [6.45, 7) is 4.45. The Morgan fingerprint density at radius 1 is 1.33 bits per heavy atom. The minimum atomic E-state index is -0.0603. The minimum Gasteiger partial charge on any atom is -0.399 e. The van der Waals surface area contributed by atoms with Crippen LogP contribution < -0.4 is 5.73 Å². The number of pyridine rings is 1. The SMILES string of the molecule is CC(C)N(Cc1ccccn1)C(=O)c1cc(N)ccc1Br. The fourth-order valence-electron chi connectivity index (χ4n) is 2.02. The van der Waals surface area contributed by atoms with Crippen molar-refractivity contribution < 1.29 is 4.79 Å². The van der Waals surface area contributed by atoms with E-state index in [4.69, 9.17) is 5.73 Å². The van der Waals surface area contributed by atoms with Gasteiger partial charge in [0.05, 0.1) is 17.8 Å². The number of benzene rings is 1. The molecule has 2 N–H and O–H groups in total. The van der Waals surface area contributed by atoms with Crippen molar-refractivity contribution in [3.63, 3.8) is 0 Å². The summed E-state index contributed by atoms with van der Waals surface area (Å²) >= 11 is 3.42. The highest BCUT2D eigenvalue weighted by Gasteiger charge is 2.21. The number of carbonyl (C=O) groups excluding carboxylic acids is 1. The first-order chi connectivity index (χ1) is 9.99. The molecule has 0 saturated heterocycles. The number of nitrogens with zero attached hydrogens (tertiary/aromatic N) is 2. The molecule has 0 fully saturated rings. The zero-order valence-electron chi connectivity index (χ0n) is 12.1. The number of aromatic nitrogens is 1. The Hall–Kier alpha value is -1.88. The van der Waals surface area contributed by atoms with Crippen molar-refractivity contribution in [2.24, 2.45) is 0 Å². The van der Waals surface area contributed by atoms with Gasteiger partial charge in [0.15, 0.2) is 0 Å². The summed E-state index contributed by atoms with van der Waals surface area (Å²) in [4.78, 5) is 18.8.